The fourth-order valence-corrected chi connectivity index (χ4v) is 1.36. The summed E-state index contributed by atoms with van der Waals surface area (Å²) in [5, 5.41) is 18.5. The summed E-state index contributed by atoms with van der Waals surface area (Å²) in [6, 6.07) is 6.96. The van der Waals surface area contributed by atoms with Crippen LogP contribution in [0.4, 0.5) is 5.69 Å². The molecular formula is C11H16N2O3. The van der Waals surface area contributed by atoms with Gasteiger partial charge in [-0.3, -0.25) is 10.0 Å². The largest absolute Gasteiger partial charge is 0.386 e. The molecule has 0 saturated carbocycles. The maximum Gasteiger partial charge on any atom is 0.276 e. The van der Waals surface area contributed by atoms with E-state index in [9.17, 15) is 10.0 Å². The number of benzene rings is 1. The number of anilines is 1. The number of hydrogen-bond donors (Lipinski definition) is 2. The topological polar surface area (TPSA) is 64.0 Å². The van der Waals surface area contributed by atoms with Crippen LogP contribution in [-0.2, 0) is 11.3 Å². The molecule has 1 amide bonds. The van der Waals surface area contributed by atoms with E-state index in [1.165, 1.54) is 0 Å². The van der Waals surface area contributed by atoms with Gasteiger partial charge in [0.2, 0.25) is 0 Å². The van der Waals surface area contributed by atoms with E-state index in [0.29, 0.717) is 10.8 Å². The van der Waals surface area contributed by atoms with Crippen molar-refractivity contribution in [2.45, 2.75) is 6.54 Å². The van der Waals surface area contributed by atoms with Gasteiger partial charge in [-0.15, -0.1) is 0 Å². The molecule has 5 heteroatoms. The minimum absolute atomic E-state index is 0.360. The lowest BCUT2D eigenvalue weighted by atomic mass is 10.2. The SMILES string of the molecule is CN(C)Cc1cccc(N(O)C(=O)CO)c1. The van der Waals surface area contributed by atoms with Crippen LogP contribution in [0.15, 0.2) is 24.3 Å². The van der Waals surface area contributed by atoms with Gasteiger partial charge in [0, 0.05) is 6.54 Å². The second-order valence-electron chi connectivity index (χ2n) is 3.77. The van der Waals surface area contributed by atoms with Crippen molar-refractivity contribution in [1.29, 1.82) is 0 Å². The summed E-state index contributed by atoms with van der Waals surface area (Å²) in [4.78, 5) is 13.0. The maximum absolute atomic E-state index is 11.1. The van der Waals surface area contributed by atoms with Crippen molar-refractivity contribution in [3.63, 3.8) is 0 Å². The molecule has 0 fully saturated rings. The van der Waals surface area contributed by atoms with Crippen molar-refractivity contribution >= 4 is 11.6 Å². The third-order valence-corrected chi connectivity index (χ3v) is 2.03. The van der Waals surface area contributed by atoms with Gasteiger partial charge in [-0.2, -0.15) is 5.06 Å². The molecule has 0 radical (unpaired) electrons. The second-order valence-corrected chi connectivity index (χ2v) is 3.77. The van der Waals surface area contributed by atoms with Crippen LogP contribution in [0.25, 0.3) is 0 Å². The maximum atomic E-state index is 11.1. The average molecular weight is 224 g/mol. The molecule has 0 aliphatic heterocycles. The van der Waals surface area contributed by atoms with Crippen molar-refractivity contribution in [1.82, 2.24) is 4.90 Å². The zero-order valence-electron chi connectivity index (χ0n) is 9.42. The van der Waals surface area contributed by atoms with Crippen LogP contribution in [0, 0.1) is 0 Å². The van der Waals surface area contributed by atoms with E-state index in [4.69, 9.17) is 5.11 Å². The molecule has 5 nitrogen and oxygen atoms in total. The van der Waals surface area contributed by atoms with Crippen molar-refractivity contribution in [2.75, 3.05) is 25.8 Å². The minimum Gasteiger partial charge on any atom is -0.386 e. The summed E-state index contributed by atoms with van der Waals surface area (Å²) in [6.07, 6.45) is 0. The molecule has 0 aliphatic carbocycles. The summed E-state index contributed by atoms with van der Waals surface area (Å²) < 4.78 is 0. The van der Waals surface area contributed by atoms with E-state index in [2.05, 4.69) is 0 Å². The molecule has 1 rings (SSSR count). The number of carbonyl (C=O) groups is 1. The van der Waals surface area contributed by atoms with E-state index in [-0.39, 0.29) is 0 Å². The quantitative estimate of drug-likeness (QED) is 0.576. The Kier molecular flexibility index (Phi) is 4.42. The van der Waals surface area contributed by atoms with Gasteiger partial charge in [0.05, 0.1) is 5.69 Å². The summed E-state index contributed by atoms with van der Waals surface area (Å²) in [7, 11) is 3.87. The Hall–Kier alpha value is -1.43. The van der Waals surface area contributed by atoms with Crippen LogP contribution in [0.1, 0.15) is 5.56 Å². The van der Waals surface area contributed by atoms with E-state index in [0.717, 1.165) is 12.1 Å². The first-order chi connectivity index (χ1) is 7.54. The summed E-state index contributed by atoms with van der Waals surface area (Å²) in [6.45, 7) is 0.00338. The molecule has 1 aromatic carbocycles. The molecule has 0 atom stereocenters. The van der Waals surface area contributed by atoms with Crippen molar-refractivity contribution in [2.24, 2.45) is 0 Å². The highest BCUT2D eigenvalue weighted by atomic mass is 16.5. The van der Waals surface area contributed by atoms with Crippen molar-refractivity contribution < 1.29 is 15.1 Å². The number of carbonyl (C=O) groups excluding carboxylic acids is 1. The standard InChI is InChI=1S/C11H16N2O3/c1-12(2)7-9-4-3-5-10(6-9)13(16)11(15)8-14/h3-6,14,16H,7-8H2,1-2H3. The molecule has 0 heterocycles. The van der Waals surface area contributed by atoms with E-state index >= 15 is 0 Å². The summed E-state index contributed by atoms with van der Waals surface area (Å²) in [5.74, 6) is -0.748. The number of hydroxylamine groups is 1. The van der Waals surface area contributed by atoms with Crippen LogP contribution >= 0.6 is 0 Å². The molecule has 88 valence electrons. The number of hydrogen-bond acceptors (Lipinski definition) is 4. The van der Waals surface area contributed by atoms with Gasteiger partial charge in [-0.1, -0.05) is 12.1 Å². The molecule has 0 unspecified atom stereocenters. The van der Waals surface area contributed by atoms with Crippen molar-refractivity contribution in [3.8, 4) is 0 Å². The molecular weight excluding hydrogens is 208 g/mol. The van der Waals surface area contributed by atoms with Gasteiger partial charge >= 0.3 is 0 Å². The summed E-state index contributed by atoms with van der Waals surface area (Å²) in [5.41, 5.74) is 1.34. The molecule has 1 aromatic rings. The fourth-order valence-electron chi connectivity index (χ4n) is 1.36. The van der Waals surface area contributed by atoms with Crippen LogP contribution in [0.3, 0.4) is 0 Å². The van der Waals surface area contributed by atoms with Gasteiger partial charge in [0.25, 0.3) is 5.91 Å². The van der Waals surface area contributed by atoms with E-state index in [1.54, 1.807) is 18.2 Å². The first kappa shape index (κ1) is 12.6. The van der Waals surface area contributed by atoms with Gasteiger partial charge in [-0.05, 0) is 31.8 Å². The average Bonchev–Trinajstić information content (AvgIpc) is 2.26. The Bertz CT molecular complexity index is 366. The normalized spacial score (nSPS) is 10.6. The first-order valence-electron chi connectivity index (χ1n) is 4.91. The van der Waals surface area contributed by atoms with E-state index < -0.39 is 12.5 Å². The lowest BCUT2D eigenvalue weighted by Crippen LogP contribution is -2.29. The van der Waals surface area contributed by atoms with E-state index in [1.807, 2.05) is 25.1 Å². The van der Waals surface area contributed by atoms with Crippen molar-refractivity contribution in [3.05, 3.63) is 29.8 Å². The number of amides is 1. The number of aliphatic hydroxyl groups is 1. The molecule has 0 saturated heterocycles. The third kappa shape index (κ3) is 3.30. The molecule has 0 bridgehead atoms. The van der Waals surface area contributed by atoms with Crippen LogP contribution < -0.4 is 5.06 Å². The molecule has 0 aliphatic rings. The number of aliphatic hydroxyl groups excluding tert-OH is 1. The molecule has 16 heavy (non-hydrogen) atoms. The highest BCUT2D eigenvalue weighted by Gasteiger charge is 2.11. The predicted octanol–water partition coefficient (Wildman–Crippen LogP) is 0.463. The zero-order chi connectivity index (χ0) is 12.1. The summed E-state index contributed by atoms with van der Waals surface area (Å²) >= 11 is 0. The van der Waals surface area contributed by atoms with Crippen LogP contribution in [0.2, 0.25) is 0 Å². The fraction of sp³-hybridized carbons (Fsp3) is 0.364. The van der Waals surface area contributed by atoms with Gasteiger partial charge in [0.1, 0.15) is 6.61 Å². The lowest BCUT2D eigenvalue weighted by molar-refractivity contribution is -0.126. The zero-order valence-corrected chi connectivity index (χ0v) is 9.42. The van der Waals surface area contributed by atoms with Gasteiger partial charge in [-0.25, -0.2) is 0 Å². The Morgan fingerprint density at radius 1 is 1.38 bits per heavy atom. The van der Waals surface area contributed by atoms with Gasteiger partial charge < -0.3 is 10.0 Å². The minimum atomic E-state index is -0.748. The smallest absolute Gasteiger partial charge is 0.276 e. The van der Waals surface area contributed by atoms with Gasteiger partial charge in [0.15, 0.2) is 0 Å². The molecule has 0 aromatic heterocycles. The Morgan fingerprint density at radius 3 is 2.62 bits per heavy atom. The molecule has 0 spiro atoms. The number of rotatable bonds is 4. The first-order valence-corrected chi connectivity index (χ1v) is 4.91. The predicted molar refractivity (Wildman–Crippen MR) is 60.2 cm³/mol. The number of nitrogens with zero attached hydrogens (tertiary/aromatic N) is 2. The Balaban J connectivity index is 2.85. The highest BCUT2D eigenvalue weighted by Crippen LogP contribution is 2.15. The third-order valence-electron chi connectivity index (χ3n) is 2.03. The lowest BCUT2D eigenvalue weighted by Gasteiger charge is -2.16. The Morgan fingerprint density at radius 2 is 2.06 bits per heavy atom. The monoisotopic (exact) mass is 224 g/mol. The second kappa shape index (κ2) is 5.60. The molecule has 2 N–H and O–H groups in total. The van der Waals surface area contributed by atoms with Crippen LogP contribution in [-0.4, -0.2) is 41.8 Å². The van der Waals surface area contributed by atoms with Crippen LogP contribution in [0.5, 0.6) is 0 Å². The highest BCUT2D eigenvalue weighted by molar-refractivity contribution is 5.91. The Labute approximate surface area is 94.5 Å².